The van der Waals surface area contributed by atoms with Crippen LogP contribution < -0.4 is 61.4 Å². The quantitative estimate of drug-likeness (QED) is 0.0192. The first-order valence-corrected chi connectivity index (χ1v) is 60.5. The van der Waals surface area contributed by atoms with E-state index in [4.69, 9.17) is 20.0 Å². The van der Waals surface area contributed by atoms with E-state index in [2.05, 4.69) is 149 Å². The number of fused-ring (bicyclic) bond motifs is 2. The molecule has 7 aromatic rings. The van der Waals surface area contributed by atoms with E-state index in [9.17, 15) is 46.8 Å². The van der Waals surface area contributed by atoms with Gasteiger partial charge in [-0.25, -0.2) is 64.4 Å². The SMILES string of the molecule is CC(C)N=C(NC(C)C)NC12CC3CC(CC(C3)C1)C2.CS(=O)(=O)NC(=NC1CCCCC1)NC1CCCCC1.Cc1ccc(S(=O)(=O)NC(=NC2CCCCC2)NC2CCCCC2)cc1.O=S(=O)(NC(=NC1CCCCC1)NC1CCCCC1)C(F)(F)F.O=S(=O)(NC(=NC1CCCCC1)NC1CCCCC1)c1ccccc1.c1ccc(NC(=Nc2c3ccccc3cc3ccccc23)Nc2ccccc2)cc1. The van der Waals surface area contributed by atoms with E-state index < -0.39 is 45.6 Å². The predicted octanol–water partition coefficient (Wildman–Crippen LogP) is 23.2. The van der Waals surface area contributed by atoms with Gasteiger partial charge in [0.15, 0.2) is 5.96 Å². The number of hydrogen-bond donors (Lipinski definition) is 12. The molecule has 33 heteroatoms. The number of para-hydroxylation sites is 2. The molecule has 0 spiro atoms. The minimum absolute atomic E-state index is 0.0259. The normalized spacial score (nSPS) is 22.0. The Balaban J connectivity index is 0.000000146. The Labute approximate surface area is 857 Å². The van der Waals surface area contributed by atoms with Crippen LogP contribution in [-0.4, -0.2) is 147 Å². The van der Waals surface area contributed by atoms with Gasteiger partial charge >= 0.3 is 15.5 Å². The molecule has 790 valence electrons. The standard InChI is InChI=1S/C27H21N3.C20H31N3O2S.C19H29N3O2S.C17H31N3.C14H24F3N3O2S.C14H27N3O2S/c1-3-13-22(14-4-1)28-27(29-23-15-5-2-6-16-23)30-26-24-17-9-7-11-20(24)19-21-12-8-10-18-25(21)26;1-16-12-14-19(15-13-16)26(24,25)23-20(21-17-8-4-2-5-9-17)22-18-10-6-3-7-11-18;23-25(24,18-14-8-3-9-15-18)22-19(20-16-10-4-1-5-11-16)21-17-12-6-2-7-13-17;1-11(2)18-16(19-12(3)4)20-17-8-13-5-14(9-17)7-15(6-13)10-17;15-14(16,17)23(21,22)20-13(18-11-7-3-1-4-8-11)19-12-9-5-2-6-10-12;1-20(18,19)17-14(15-12-8-4-2-5-9-12)16-13-10-6-3-7-11-13/h1-19H,(H2,28,29,30);12-15,17-18H,2-11H2,1H3,(H2,21,22,23);3,8-9,14-17H,1-2,4-7,10-13H2,(H2,20,21,22);11-15H,5-10H2,1-4H3,(H2,18,19,20);11-12H,1-10H2,(H2,18,19,20);12-13H,2-11H2,1H3,(H2,15,16,17). The maximum absolute atomic E-state index is 12.8. The number of hydrogen-bond acceptors (Lipinski definition) is 14. The highest BCUT2D eigenvalue weighted by Crippen LogP contribution is 2.56. The van der Waals surface area contributed by atoms with Crippen LogP contribution in [0.5, 0.6) is 0 Å². The maximum Gasteiger partial charge on any atom is 0.516 e. The van der Waals surface area contributed by atoms with Crippen LogP contribution in [0.25, 0.3) is 21.5 Å². The molecule has 12 aliphatic carbocycles. The molecule has 0 atom stereocenters. The third kappa shape index (κ3) is 37.3. The van der Waals surface area contributed by atoms with E-state index in [-0.39, 0.29) is 46.0 Å². The number of rotatable bonds is 20. The average Bonchev–Trinajstić information content (AvgIpc) is 0.748. The molecule has 0 saturated heterocycles. The van der Waals surface area contributed by atoms with Gasteiger partial charge in [0.25, 0.3) is 20.0 Å². The molecular formula is C111H163F3N18O8S4. The summed E-state index contributed by atoms with van der Waals surface area (Å²) < 4.78 is 144. The molecule has 7 aromatic carbocycles. The Kier molecular flexibility index (Phi) is 42.8. The highest BCUT2D eigenvalue weighted by molar-refractivity contribution is 7.91. The number of guanidine groups is 6. The van der Waals surface area contributed by atoms with E-state index in [0.717, 1.165) is 198 Å². The first kappa shape index (κ1) is 111. The summed E-state index contributed by atoms with van der Waals surface area (Å²) in [5.41, 5.74) is -1.04. The van der Waals surface area contributed by atoms with Crippen molar-refractivity contribution in [3.63, 3.8) is 0 Å². The molecule has 0 aromatic heterocycles. The van der Waals surface area contributed by atoms with Gasteiger partial charge in [-0.15, -0.1) is 0 Å². The number of sulfonamides is 4. The Hall–Kier alpha value is -9.73. The zero-order valence-electron chi connectivity index (χ0n) is 85.9. The van der Waals surface area contributed by atoms with Crippen molar-refractivity contribution >= 4 is 114 Å². The minimum atomic E-state index is -5.44. The van der Waals surface area contributed by atoms with E-state index >= 15 is 0 Å². The van der Waals surface area contributed by atoms with E-state index in [1.165, 1.54) is 171 Å². The summed E-state index contributed by atoms with van der Waals surface area (Å²) in [4.78, 5) is 28.8. The van der Waals surface area contributed by atoms with E-state index in [1.54, 1.807) is 41.1 Å². The monoisotopic (exact) mass is 2060 g/mol. The third-order valence-corrected chi connectivity index (χ3v) is 33.6. The summed E-state index contributed by atoms with van der Waals surface area (Å²) in [6.45, 7) is 10.6. The third-order valence-electron chi connectivity index (χ3n) is 29.3. The molecule has 0 amide bonds. The lowest BCUT2D eigenvalue weighted by Crippen LogP contribution is -2.62. The lowest BCUT2D eigenvalue weighted by molar-refractivity contribution is -0.0442. The second-order valence-electron chi connectivity index (χ2n) is 42.6. The summed E-state index contributed by atoms with van der Waals surface area (Å²) in [5, 5.41) is 31.9. The Morgan fingerprint density at radius 2 is 0.660 bits per heavy atom. The van der Waals surface area contributed by atoms with Crippen LogP contribution in [0.2, 0.25) is 0 Å². The number of anilines is 2. The first-order valence-electron chi connectivity index (χ1n) is 54.1. The van der Waals surface area contributed by atoms with Crippen LogP contribution in [0.1, 0.15) is 329 Å². The van der Waals surface area contributed by atoms with Crippen LogP contribution in [0, 0.1) is 24.7 Å². The van der Waals surface area contributed by atoms with Gasteiger partial charge in [-0.05, 0) is 259 Å². The molecule has 0 radical (unpaired) electrons. The summed E-state index contributed by atoms with van der Waals surface area (Å²) in [5.74, 6) is 5.74. The molecule has 19 rings (SSSR count). The van der Waals surface area contributed by atoms with E-state index in [1.807, 2.05) is 85.8 Å². The molecule has 12 saturated carbocycles. The van der Waals surface area contributed by atoms with Crippen molar-refractivity contribution in [3.8, 4) is 0 Å². The van der Waals surface area contributed by atoms with Crippen molar-refractivity contribution in [1.29, 1.82) is 0 Å². The van der Waals surface area contributed by atoms with Crippen molar-refractivity contribution in [1.82, 2.24) is 50.8 Å². The topological polar surface area (TPSA) is 355 Å². The lowest BCUT2D eigenvalue weighted by atomic mass is 9.53. The van der Waals surface area contributed by atoms with Crippen molar-refractivity contribution in [3.05, 3.63) is 175 Å². The molecule has 4 bridgehead atoms. The fourth-order valence-corrected chi connectivity index (χ4v) is 25.5. The summed E-state index contributed by atoms with van der Waals surface area (Å²) in [6.07, 6.45) is 53.8. The highest BCUT2D eigenvalue weighted by atomic mass is 32.2. The Morgan fingerprint density at radius 3 is 0.986 bits per heavy atom. The van der Waals surface area contributed by atoms with Gasteiger partial charge in [-0.1, -0.05) is 275 Å². The Bertz CT molecular complexity index is 5640. The first-order chi connectivity index (χ1) is 69.3. The second-order valence-corrected chi connectivity index (χ2v) is 49.3. The largest absolute Gasteiger partial charge is 0.516 e. The highest BCUT2D eigenvalue weighted by Gasteiger charge is 2.52. The van der Waals surface area contributed by atoms with Crippen LogP contribution in [0.4, 0.5) is 30.2 Å². The number of nitrogens with one attached hydrogen (secondary N) is 12. The van der Waals surface area contributed by atoms with Crippen LogP contribution >= 0.6 is 0 Å². The molecule has 26 nitrogen and oxygen atoms in total. The fourth-order valence-electron chi connectivity index (χ4n) is 22.5. The van der Waals surface area contributed by atoms with Gasteiger partial charge in [0.05, 0.1) is 45.9 Å². The predicted molar refractivity (Wildman–Crippen MR) is 585 cm³/mol. The molecule has 0 aliphatic heterocycles. The number of aryl methyl sites for hydroxylation is 1. The number of alkyl halides is 3. The van der Waals surface area contributed by atoms with Crippen molar-refractivity contribution < 1.29 is 46.8 Å². The average molecular weight is 2060 g/mol. The number of aliphatic imine (C=N–C) groups is 6. The molecule has 12 N–H and O–H groups in total. The zero-order valence-corrected chi connectivity index (χ0v) is 89.2. The molecular weight excluding hydrogens is 1900 g/mol. The summed E-state index contributed by atoms with van der Waals surface area (Å²) >= 11 is 0. The second kappa shape index (κ2) is 55.3. The molecule has 144 heavy (non-hydrogen) atoms. The van der Waals surface area contributed by atoms with Crippen molar-refractivity contribution in [2.24, 2.45) is 47.7 Å². The van der Waals surface area contributed by atoms with Crippen LogP contribution in [0.15, 0.2) is 210 Å². The molecule has 12 fully saturated rings. The summed E-state index contributed by atoms with van der Waals surface area (Å²) in [6, 6.07) is 57.0. The number of halogens is 3. The lowest BCUT2D eigenvalue weighted by Gasteiger charge is -2.57. The Morgan fingerprint density at radius 1 is 0.354 bits per heavy atom. The molecule has 12 aliphatic rings. The number of benzene rings is 7. The zero-order chi connectivity index (χ0) is 102. The van der Waals surface area contributed by atoms with Gasteiger partial charge in [0.2, 0.25) is 39.8 Å². The smallest absolute Gasteiger partial charge is 0.354 e. The van der Waals surface area contributed by atoms with Gasteiger partial charge < -0.3 is 42.5 Å². The number of nitrogens with zero attached hydrogens (tertiary/aromatic N) is 6. The summed E-state index contributed by atoms with van der Waals surface area (Å²) in [7, 11) is -15.9. The molecule has 0 heterocycles. The maximum atomic E-state index is 12.8. The van der Waals surface area contributed by atoms with Gasteiger partial charge in [-0.2, -0.15) is 21.6 Å². The fraction of sp³-hybridized carbons (Fsp3) is 0.604. The van der Waals surface area contributed by atoms with Crippen LogP contribution in [-0.2, 0) is 40.1 Å². The van der Waals surface area contributed by atoms with Crippen LogP contribution in [0.3, 0.4) is 0 Å². The van der Waals surface area contributed by atoms with Gasteiger partial charge in [-0.3, -0.25) is 9.71 Å². The minimum Gasteiger partial charge on any atom is -0.354 e. The van der Waals surface area contributed by atoms with Crippen molar-refractivity contribution in [2.75, 3.05) is 16.9 Å². The molecule has 0 unspecified atom stereocenters. The van der Waals surface area contributed by atoms with E-state index in [0.29, 0.717) is 59.6 Å². The van der Waals surface area contributed by atoms with Gasteiger partial charge in [0, 0.05) is 63.9 Å². The van der Waals surface area contributed by atoms with Crippen molar-refractivity contribution in [2.45, 2.75) is 411 Å². The van der Waals surface area contributed by atoms with Gasteiger partial charge in [0.1, 0.15) is 0 Å².